The van der Waals surface area contributed by atoms with Crippen LogP contribution in [0.3, 0.4) is 0 Å². The molecule has 0 fully saturated rings. The quantitative estimate of drug-likeness (QED) is 0.776. The van der Waals surface area contributed by atoms with E-state index in [4.69, 9.17) is 5.11 Å². The molecule has 4 nitrogen and oxygen atoms in total. The van der Waals surface area contributed by atoms with Crippen LogP contribution in [0.15, 0.2) is 24.3 Å². The van der Waals surface area contributed by atoms with Crippen LogP contribution in [0, 0.1) is 0 Å². The average Bonchev–Trinajstić information content (AvgIpc) is 2.37. The number of phenols is 1. The Morgan fingerprint density at radius 1 is 1.42 bits per heavy atom. The summed E-state index contributed by atoms with van der Waals surface area (Å²) in [6.45, 7) is 2.93. The Hall–Kier alpha value is -1.62. The zero-order chi connectivity index (χ0) is 14.5. The van der Waals surface area contributed by atoms with Crippen LogP contribution in [0.25, 0.3) is 0 Å². The standard InChI is InChI=1S/C14H19FO4/c1-3-19-13(17)12(15)14(2,18)9-8-10-4-6-11(16)7-5-10/h4-7,12,16,18H,3,8-9H2,1-2H3. The summed E-state index contributed by atoms with van der Waals surface area (Å²) in [5, 5.41) is 19.1. The number of carbonyl (C=O) groups is 1. The third kappa shape index (κ3) is 4.52. The van der Waals surface area contributed by atoms with Crippen LogP contribution < -0.4 is 0 Å². The molecule has 0 aliphatic heterocycles. The van der Waals surface area contributed by atoms with E-state index in [1.165, 1.54) is 19.1 Å². The number of hydrogen-bond donors (Lipinski definition) is 2. The molecule has 0 amide bonds. The maximum atomic E-state index is 13.8. The summed E-state index contributed by atoms with van der Waals surface area (Å²) in [5.41, 5.74) is -0.932. The van der Waals surface area contributed by atoms with Gasteiger partial charge < -0.3 is 14.9 Å². The Bertz CT molecular complexity index is 414. The number of aliphatic hydroxyl groups is 1. The van der Waals surface area contributed by atoms with Gasteiger partial charge in [-0.3, -0.25) is 0 Å². The fourth-order valence-electron chi connectivity index (χ4n) is 1.66. The van der Waals surface area contributed by atoms with Gasteiger partial charge >= 0.3 is 5.97 Å². The maximum absolute atomic E-state index is 13.8. The Morgan fingerprint density at radius 3 is 2.53 bits per heavy atom. The highest BCUT2D eigenvalue weighted by Gasteiger charge is 2.38. The summed E-state index contributed by atoms with van der Waals surface area (Å²) in [4.78, 5) is 11.3. The lowest BCUT2D eigenvalue weighted by molar-refractivity contribution is -0.159. The number of alkyl halides is 1. The number of aromatic hydroxyl groups is 1. The lowest BCUT2D eigenvalue weighted by atomic mass is 9.92. The predicted molar refractivity (Wildman–Crippen MR) is 68.6 cm³/mol. The average molecular weight is 270 g/mol. The Morgan fingerprint density at radius 2 is 2.00 bits per heavy atom. The van der Waals surface area contributed by atoms with Crippen LogP contribution in [-0.4, -0.2) is 34.6 Å². The molecule has 1 aromatic rings. The van der Waals surface area contributed by atoms with Gasteiger partial charge in [-0.25, -0.2) is 9.18 Å². The van der Waals surface area contributed by atoms with Crippen LogP contribution in [0.2, 0.25) is 0 Å². The summed E-state index contributed by atoms with van der Waals surface area (Å²) in [6, 6.07) is 6.40. The number of ether oxygens (including phenoxy) is 1. The topological polar surface area (TPSA) is 66.8 Å². The molecule has 0 radical (unpaired) electrons. The molecule has 0 spiro atoms. The molecule has 0 aliphatic rings. The maximum Gasteiger partial charge on any atom is 0.343 e. The van der Waals surface area contributed by atoms with Crippen molar-refractivity contribution in [1.82, 2.24) is 0 Å². The minimum Gasteiger partial charge on any atom is -0.508 e. The molecule has 1 aromatic carbocycles. The molecule has 19 heavy (non-hydrogen) atoms. The van der Waals surface area contributed by atoms with E-state index in [-0.39, 0.29) is 18.8 Å². The number of aryl methyl sites for hydroxylation is 1. The number of halogens is 1. The van der Waals surface area contributed by atoms with Crippen molar-refractivity contribution in [3.8, 4) is 5.75 Å². The van der Waals surface area contributed by atoms with Gasteiger partial charge in [0.2, 0.25) is 6.17 Å². The monoisotopic (exact) mass is 270 g/mol. The second kappa shape index (κ2) is 6.52. The Kier molecular flexibility index (Phi) is 5.30. The van der Waals surface area contributed by atoms with Crippen molar-refractivity contribution in [2.24, 2.45) is 0 Å². The molecule has 0 aromatic heterocycles. The van der Waals surface area contributed by atoms with Crippen LogP contribution in [0.5, 0.6) is 5.75 Å². The van der Waals surface area contributed by atoms with E-state index in [9.17, 15) is 14.3 Å². The van der Waals surface area contributed by atoms with Crippen molar-refractivity contribution >= 4 is 5.97 Å². The smallest absolute Gasteiger partial charge is 0.343 e. The summed E-state index contributed by atoms with van der Waals surface area (Å²) in [7, 11) is 0. The number of carbonyl (C=O) groups excluding carboxylic acids is 1. The Labute approximate surface area is 111 Å². The first kappa shape index (κ1) is 15.4. The Balaban J connectivity index is 2.58. The first-order chi connectivity index (χ1) is 8.86. The molecule has 2 atom stereocenters. The number of rotatable bonds is 6. The van der Waals surface area contributed by atoms with Gasteiger partial charge in [0.15, 0.2) is 0 Å². The zero-order valence-corrected chi connectivity index (χ0v) is 11.1. The normalized spacial score (nSPS) is 15.6. The minimum atomic E-state index is -2.07. The van der Waals surface area contributed by atoms with Gasteiger partial charge in [-0.15, -0.1) is 0 Å². The van der Waals surface area contributed by atoms with Crippen LogP contribution in [-0.2, 0) is 16.0 Å². The van der Waals surface area contributed by atoms with E-state index in [0.717, 1.165) is 5.56 Å². The molecule has 0 bridgehead atoms. The van der Waals surface area contributed by atoms with Crippen LogP contribution in [0.1, 0.15) is 25.8 Å². The number of esters is 1. The highest BCUT2D eigenvalue weighted by molar-refractivity contribution is 5.76. The first-order valence-corrected chi connectivity index (χ1v) is 6.18. The largest absolute Gasteiger partial charge is 0.508 e. The molecular formula is C14H19FO4. The lowest BCUT2D eigenvalue weighted by Gasteiger charge is -2.25. The van der Waals surface area contributed by atoms with Gasteiger partial charge in [0.25, 0.3) is 0 Å². The number of benzene rings is 1. The highest BCUT2D eigenvalue weighted by Crippen LogP contribution is 2.22. The van der Waals surface area contributed by atoms with Gasteiger partial charge in [0.1, 0.15) is 11.4 Å². The van der Waals surface area contributed by atoms with Crippen molar-refractivity contribution in [3.05, 3.63) is 29.8 Å². The van der Waals surface area contributed by atoms with Crippen molar-refractivity contribution in [2.75, 3.05) is 6.61 Å². The molecule has 0 saturated carbocycles. The van der Waals surface area contributed by atoms with E-state index in [0.29, 0.717) is 6.42 Å². The second-order valence-electron chi connectivity index (χ2n) is 4.64. The van der Waals surface area contributed by atoms with Crippen molar-refractivity contribution in [2.45, 2.75) is 38.5 Å². The van der Waals surface area contributed by atoms with Gasteiger partial charge in [-0.1, -0.05) is 12.1 Å². The van der Waals surface area contributed by atoms with Crippen molar-refractivity contribution < 1.29 is 24.1 Å². The third-order valence-electron chi connectivity index (χ3n) is 2.90. The summed E-state index contributed by atoms with van der Waals surface area (Å²) in [5.74, 6) is -0.899. The fraction of sp³-hybridized carbons (Fsp3) is 0.500. The van der Waals surface area contributed by atoms with Crippen molar-refractivity contribution in [3.63, 3.8) is 0 Å². The van der Waals surface area contributed by atoms with E-state index >= 15 is 0 Å². The zero-order valence-electron chi connectivity index (χ0n) is 11.1. The van der Waals surface area contributed by atoms with Gasteiger partial charge in [-0.05, 0) is 44.4 Å². The minimum absolute atomic E-state index is 0.0767. The SMILES string of the molecule is CCOC(=O)C(F)C(C)(O)CCc1ccc(O)cc1. The fourth-order valence-corrected chi connectivity index (χ4v) is 1.66. The molecule has 106 valence electrons. The van der Waals surface area contributed by atoms with E-state index in [1.54, 1.807) is 19.1 Å². The predicted octanol–water partition coefficient (Wildman–Crippen LogP) is 1.98. The third-order valence-corrected chi connectivity index (χ3v) is 2.90. The summed E-state index contributed by atoms with van der Waals surface area (Å²) >= 11 is 0. The molecule has 2 N–H and O–H groups in total. The molecule has 0 saturated heterocycles. The van der Waals surface area contributed by atoms with Crippen LogP contribution >= 0.6 is 0 Å². The lowest BCUT2D eigenvalue weighted by Crippen LogP contribution is -2.43. The van der Waals surface area contributed by atoms with E-state index in [2.05, 4.69) is 4.74 Å². The van der Waals surface area contributed by atoms with Gasteiger partial charge in [0.05, 0.1) is 6.61 Å². The number of hydrogen-bond acceptors (Lipinski definition) is 4. The van der Waals surface area contributed by atoms with E-state index < -0.39 is 17.7 Å². The second-order valence-corrected chi connectivity index (χ2v) is 4.64. The molecule has 1 rings (SSSR count). The van der Waals surface area contributed by atoms with Crippen molar-refractivity contribution in [1.29, 1.82) is 0 Å². The summed E-state index contributed by atoms with van der Waals surface area (Å²) in [6.07, 6.45) is -1.59. The van der Waals surface area contributed by atoms with Gasteiger partial charge in [-0.2, -0.15) is 0 Å². The molecule has 2 unspecified atom stereocenters. The first-order valence-electron chi connectivity index (χ1n) is 6.18. The summed E-state index contributed by atoms with van der Waals surface area (Å²) < 4.78 is 18.3. The number of phenolic OH excluding ortho intramolecular Hbond substituents is 1. The highest BCUT2D eigenvalue weighted by atomic mass is 19.1. The van der Waals surface area contributed by atoms with E-state index in [1.807, 2.05) is 0 Å². The molecule has 0 heterocycles. The molecule has 5 heteroatoms. The molecular weight excluding hydrogens is 251 g/mol. The molecule has 0 aliphatic carbocycles. The van der Waals surface area contributed by atoms with Crippen LogP contribution in [0.4, 0.5) is 4.39 Å². The van der Waals surface area contributed by atoms with Gasteiger partial charge in [0, 0.05) is 0 Å².